The van der Waals surface area contributed by atoms with Gasteiger partial charge in [-0.1, -0.05) is 55.8 Å². The van der Waals surface area contributed by atoms with Gasteiger partial charge in [0.1, 0.15) is 5.75 Å². The zero-order valence-electron chi connectivity index (χ0n) is 11.0. The van der Waals surface area contributed by atoms with E-state index in [0.29, 0.717) is 22.4 Å². The Morgan fingerprint density at radius 2 is 1.88 bits per heavy atom. The number of benzene rings is 1. The molecule has 17 heavy (non-hydrogen) atoms. The fraction of sp³-hybridized carbons (Fsp3) is 0.571. The average molecular weight is 300 g/mol. The van der Waals surface area contributed by atoms with Crippen LogP contribution in [0, 0.1) is 5.92 Å². The molecule has 0 aliphatic rings. The van der Waals surface area contributed by atoms with Gasteiger partial charge in [0.05, 0.1) is 5.69 Å². The van der Waals surface area contributed by atoms with Gasteiger partial charge in [0.15, 0.2) is 0 Å². The summed E-state index contributed by atoms with van der Waals surface area (Å²) in [5.41, 5.74) is 1.81. The van der Waals surface area contributed by atoms with Gasteiger partial charge in [0.25, 0.3) is 0 Å². The standard InChI is InChI=1S/C14H22BrNO/c1-9(2)11-6-5-7-13(14(11)17)16-8-12(15)10(3)4/h5-7,9-10,12,16-17H,8H2,1-4H3. The van der Waals surface area contributed by atoms with Crippen LogP contribution in [0.3, 0.4) is 0 Å². The highest BCUT2D eigenvalue weighted by atomic mass is 79.9. The van der Waals surface area contributed by atoms with Crippen molar-refractivity contribution in [3.8, 4) is 5.75 Å². The second kappa shape index (κ2) is 6.29. The number of aromatic hydroxyl groups is 1. The van der Waals surface area contributed by atoms with Crippen molar-refractivity contribution in [2.24, 2.45) is 5.92 Å². The van der Waals surface area contributed by atoms with Gasteiger partial charge < -0.3 is 10.4 Å². The van der Waals surface area contributed by atoms with E-state index in [1.165, 1.54) is 0 Å². The molecule has 96 valence electrons. The SMILES string of the molecule is CC(C)c1cccc(NCC(Br)C(C)C)c1O. The van der Waals surface area contributed by atoms with E-state index in [4.69, 9.17) is 0 Å². The molecule has 1 atom stereocenters. The summed E-state index contributed by atoms with van der Waals surface area (Å²) in [5, 5.41) is 13.4. The van der Waals surface area contributed by atoms with Gasteiger partial charge in [-0.2, -0.15) is 0 Å². The summed E-state index contributed by atoms with van der Waals surface area (Å²) < 4.78 is 0. The minimum Gasteiger partial charge on any atom is -0.505 e. The number of phenols is 1. The number of phenolic OH excluding ortho intramolecular Hbond substituents is 1. The largest absolute Gasteiger partial charge is 0.505 e. The van der Waals surface area contributed by atoms with Gasteiger partial charge in [0.2, 0.25) is 0 Å². The average Bonchev–Trinajstić information content (AvgIpc) is 2.26. The molecule has 2 nitrogen and oxygen atoms in total. The van der Waals surface area contributed by atoms with Crippen molar-refractivity contribution < 1.29 is 5.11 Å². The summed E-state index contributed by atoms with van der Waals surface area (Å²) in [7, 11) is 0. The maximum atomic E-state index is 10.1. The van der Waals surface area contributed by atoms with E-state index < -0.39 is 0 Å². The third-order valence-electron chi connectivity index (χ3n) is 2.90. The number of rotatable bonds is 5. The molecule has 0 heterocycles. The van der Waals surface area contributed by atoms with Gasteiger partial charge in [-0.15, -0.1) is 0 Å². The number of anilines is 1. The molecule has 1 unspecified atom stereocenters. The normalized spacial score (nSPS) is 13.1. The third-order valence-corrected chi connectivity index (χ3v) is 4.28. The Bertz CT molecular complexity index is 363. The van der Waals surface area contributed by atoms with E-state index in [2.05, 4.69) is 48.9 Å². The number of nitrogens with one attached hydrogen (secondary N) is 1. The smallest absolute Gasteiger partial charge is 0.142 e. The predicted molar refractivity (Wildman–Crippen MR) is 78.2 cm³/mol. The highest BCUT2D eigenvalue weighted by molar-refractivity contribution is 9.09. The fourth-order valence-electron chi connectivity index (χ4n) is 1.61. The monoisotopic (exact) mass is 299 g/mol. The van der Waals surface area contributed by atoms with Crippen LogP contribution in [0.5, 0.6) is 5.75 Å². The van der Waals surface area contributed by atoms with Crippen LogP contribution in [0.1, 0.15) is 39.2 Å². The second-order valence-electron chi connectivity index (χ2n) is 5.04. The van der Waals surface area contributed by atoms with E-state index in [1.54, 1.807) is 0 Å². The van der Waals surface area contributed by atoms with E-state index in [-0.39, 0.29) is 0 Å². The molecule has 2 N–H and O–H groups in total. The summed E-state index contributed by atoms with van der Waals surface area (Å²) in [6, 6.07) is 5.87. The topological polar surface area (TPSA) is 32.3 Å². The van der Waals surface area contributed by atoms with Crippen LogP contribution in [-0.4, -0.2) is 16.5 Å². The van der Waals surface area contributed by atoms with Gasteiger partial charge in [0, 0.05) is 11.4 Å². The van der Waals surface area contributed by atoms with Crippen molar-refractivity contribution in [3.63, 3.8) is 0 Å². The van der Waals surface area contributed by atoms with Crippen LogP contribution in [0.25, 0.3) is 0 Å². The second-order valence-corrected chi connectivity index (χ2v) is 6.22. The first-order valence-corrected chi connectivity index (χ1v) is 7.04. The quantitative estimate of drug-likeness (QED) is 0.626. The minimum absolute atomic E-state index is 0.335. The van der Waals surface area contributed by atoms with E-state index in [1.807, 2.05) is 18.2 Å². The molecular formula is C14H22BrNO. The Kier molecular flexibility index (Phi) is 5.31. The lowest BCUT2D eigenvalue weighted by molar-refractivity contribution is 0.466. The predicted octanol–water partition coefficient (Wildman–Crippen LogP) is 4.35. The number of alkyl halides is 1. The molecule has 3 heteroatoms. The summed E-state index contributed by atoms with van der Waals surface area (Å²) >= 11 is 3.63. The molecule has 0 amide bonds. The van der Waals surface area contributed by atoms with Gasteiger partial charge in [-0.05, 0) is 23.5 Å². The maximum Gasteiger partial charge on any atom is 0.142 e. The van der Waals surface area contributed by atoms with Crippen molar-refractivity contribution in [1.82, 2.24) is 0 Å². The van der Waals surface area contributed by atoms with Crippen LogP contribution in [0.2, 0.25) is 0 Å². The molecule has 0 bridgehead atoms. The van der Waals surface area contributed by atoms with E-state index in [0.717, 1.165) is 17.8 Å². The molecule has 0 aliphatic heterocycles. The molecule has 0 saturated heterocycles. The Morgan fingerprint density at radius 3 is 2.41 bits per heavy atom. The number of para-hydroxylation sites is 1. The van der Waals surface area contributed by atoms with Crippen molar-refractivity contribution >= 4 is 21.6 Å². The zero-order chi connectivity index (χ0) is 13.0. The fourth-order valence-corrected chi connectivity index (χ4v) is 1.77. The summed E-state index contributed by atoms with van der Waals surface area (Å²) in [5.74, 6) is 1.28. The summed E-state index contributed by atoms with van der Waals surface area (Å²) in [4.78, 5) is 0.407. The van der Waals surface area contributed by atoms with Crippen molar-refractivity contribution in [3.05, 3.63) is 23.8 Å². The summed E-state index contributed by atoms with van der Waals surface area (Å²) in [6.45, 7) is 9.32. The Balaban J connectivity index is 2.75. The first-order chi connectivity index (χ1) is 7.93. The van der Waals surface area contributed by atoms with Crippen LogP contribution >= 0.6 is 15.9 Å². The minimum atomic E-state index is 0.335. The van der Waals surface area contributed by atoms with E-state index in [9.17, 15) is 5.11 Å². The van der Waals surface area contributed by atoms with Gasteiger partial charge >= 0.3 is 0 Å². The number of halogens is 1. The molecule has 0 fully saturated rings. The molecule has 0 spiro atoms. The molecule has 1 aromatic rings. The number of hydrogen-bond acceptors (Lipinski definition) is 2. The lowest BCUT2D eigenvalue weighted by atomic mass is 10.0. The summed E-state index contributed by atoms with van der Waals surface area (Å²) in [6.07, 6.45) is 0. The lowest BCUT2D eigenvalue weighted by Crippen LogP contribution is -2.19. The van der Waals surface area contributed by atoms with Crippen LogP contribution in [-0.2, 0) is 0 Å². The molecular weight excluding hydrogens is 278 g/mol. The van der Waals surface area contributed by atoms with Gasteiger partial charge in [-0.25, -0.2) is 0 Å². The highest BCUT2D eigenvalue weighted by Gasteiger charge is 2.12. The first-order valence-electron chi connectivity index (χ1n) is 6.13. The Labute approximate surface area is 113 Å². The zero-order valence-corrected chi connectivity index (χ0v) is 12.6. The van der Waals surface area contributed by atoms with Crippen LogP contribution in [0.15, 0.2) is 18.2 Å². The van der Waals surface area contributed by atoms with Crippen molar-refractivity contribution in [2.75, 3.05) is 11.9 Å². The van der Waals surface area contributed by atoms with Crippen molar-refractivity contribution in [1.29, 1.82) is 0 Å². The lowest BCUT2D eigenvalue weighted by Gasteiger charge is -2.18. The van der Waals surface area contributed by atoms with Crippen LogP contribution in [0.4, 0.5) is 5.69 Å². The Morgan fingerprint density at radius 1 is 1.24 bits per heavy atom. The molecule has 0 aromatic heterocycles. The molecule has 0 saturated carbocycles. The highest BCUT2D eigenvalue weighted by Crippen LogP contribution is 2.32. The molecule has 1 aromatic carbocycles. The molecule has 0 radical (unpaired) electrons. The number of hydrogen-bond donors (Lipinski definition) is 2. The van der Waals surface area contributed by atoms with Gasteiger partial charge in [-0.3, -0.25) is 0 Å². The van der Waals surface area contributed by atoms with E-state index >= 15 is 0 Å². The van der Waals surface area contributed by atoms with Crippen molar-refractivity contribution in [2.45, 2.75) is 38.4 Å². The first kappa shape index (κ1) is 14.4. The molecule has 1 rings (SSSR count). The molecule has 0 aliphatic carbocycles. The maximum absolute atomic E-state index is 10.1. The Hall–Kier alpha value is -0.700. The van der Waals surface area contributed by atoms with Crippen LogP contribution < -0.4 is 5.32 Å². The third kappa shape index (κ3) is 3.91.